The molecule has 2 heterocycles. The van der Waals surface area contributed by atoms with E-state index < -0.39 is 29.7 Å². The molecule has 13 heteroatoms. The Hall–Kier alpha value is -3.09. The van der Waals surface area contributed by atoms with Crippen molar-refractivity contribution < 1.29 is 27.5 Å². The average molecular weight is 516 g/mol. The van der Waals surface area contributed by atoms with Gasteiger partial charge in [-0.15, -0.1) is 11.3 Å². The summed E-state index contributed by atoms with van der Waals surface area (Å²) in [6.45, 7) is 1.59. The molecule has 1 atom stereocenters. The van der Waals surface area contributed by atoms with E-state index in [1.54, 1.807) is 24.3 Å². The zero-order valence-electron chi connectivity index (χ0n) is 18.1. The molecule has 8 nitrogen and oxygen atoms in total. The maximum absolute atomic E-state index is 13.4. The molecular weight excluding hydrogens is 495 g/mol. The number of amides is 2. The summed E-state index contributed by atoms with van der Waals surface area (Å²) < 4.78 is 46.3. The highest BCUT2D eigenvalue weighted by Gasteiger charge is 2.36. The minimum atomic E-state index is -4.78. The number of ether oxygens (including phenoxy) is 1. The predicted molar refractivity (Wildman–Crippen MR) is 121 cm³/mol. The molecule has 3 aromatic rings. The van der Waals surface area contributed by atoms with Crippen molar-refractivity contribution in [2.24, 2.45) is 5.73 Å². The maximum atomic E-state index is 13.4. The van der Waals surface area contributed by atoms with Crippen LogP contribution in [-0.4, -0.2) is 34.7 Å². The van der Waals surface area contributed by atoms with Crippen LogP contribution in [0.15, 0.2) is 36.4 Å². The number of aromatic nitrogens is 2. The summed E-state index contributed by atoms with van der Waals surface area (Å²) in [5.41, 5.74) is 4.62. The molecule has 3 rings (SSSR count). The summed E-state index contributed by atoms with van der Waals surface area (Å²) in [5, 5.41) is 8.76. The van der Waals surface area contributed by atoms with E-state index in [-0.39, 0.29) is 28.8 Å². The van der Waals surface area contributed by atoms with Gasteiger partial charge in [0.2, 0.25) is 5.91 Å². The molecule has 1 unspecified atom stereocenters. The van der Waals surface area contributed by atoms with E-state index in [0.29, 0.717) is 22.3 Å². The molecule has 182 valence electrons. The van der Waals surface area contributed by atoms with Gasteiger partial charge in [0, 0.05) is 23.1 Å². The lowest BCUT2D eigenvalue weighted by Gasteiger charge is -2.10. The smallest absolute Gasteiger partial charge is 0.435 e. The Balaban J connectivity index is 1.90. The van der Waals surface area contributed by atoms with E-state index in [1.807, 2.05) is 0 Å². The van der Waals surface area contributed by atoms with Gasteiger partial charge in [-0.3, -0.25) is 9.59 Å². The fraction of sp³-hybridized carbons (Fsp3) is 0.286. The highest BCUT2D eigenvalue weighted by atomic mass is 35.5. The Morgan fingerprint density at radius 3 is 2.59 bits per heavy atom. The molecular formula is C21H21ClF3N5O3S. The fourth-order valence-corrected chi connectivity index (χ4v) is 4.18. The molecule has 0 radical (unpaired) electrons. The molecule has 2 amide bonds. The number of rotatable bonds is 8. The summed E-state index contributed by atoms with van der Waals surface area (Å²) in [5.74, 6) is -0.671. The van der Waals surface area contributed by atoms with E-state index >= 15 is 0 Å². The van der Waals surface area contributed by atoms with Crippen LogP contribution in [0.25, 0.3) is 5.69 Å². The van der Waals surface area contributed by atoms with Crippen LogP contribution in [0.4, 0.5) is 13.2 Å². The van der Waals surface area contributed by atoms with Gasteiger partial charge in [0.15, 0.2) is 5.69 Å². The van der Waals surface area contributed by atoms with Crippen LogP contribution < -0.4 is 21.1 Å². The van der Waals surface area contributed by atoms with E-state index in [0.717, 1.165) is 16.0 Å². The third-order valence-electron chi connectivity index (χ3n) is 4.66. The third-order valence-corrected chi connectivity index (χ3v) is 6.00. The van der Waals surface area contributed by atoms with E-state index in [9.17, 15) is 22.8 Å². The second-order valence-corrected chi connectivity index (χ2v) is 8.94. The van der Waals surface area contributed by atoms with Gasteiger partial charge in [0.05, 0.1) is 25.4 Å². The molecule has 0 aliphatic heterocycles. The predicted octanol–water partition coefficient (Wildman–Crippen LogP) is 3.51. The van der Waals surface area contributed by atoms with Crippen molar-refractivity contribution in [2.45, 2.75) is 32.2 Å². The van der Waals surface area contributed by atoms with Crippen molar-refractivity contribution in [1.29, 1.82) is 0 Å². The zero-order valence-corrected chi connectivity index (χ0v) is 19.6. The molecule has 0 aliphatic rings. The highest BCUT2D eigenvalue weighted by Crippen LogP contribution is 2.34. The van der Waals surface area contributed by atoms with E-state index in [4.69, 9.17) is 22.1 Å². The summed E-state index contributed by atoms with van der Waals surface area (Å²) in [4.78, 5) is 25.1. The summed E-state index contributed by atoms with van der Waals surface area (Å²) >= 11 is 7.30. The van der Waals surface area contributed by atoms with Gasteiger partial charge in [-0.25, -0.2) is 4.68 Å². The number of thiophene rings is 1. The molecule has 4 N–H and O–H groups in total. The summed E-state index contributed by atoms with van der Waals surface area (Å²) in [7, 11) is 1.47. The Morgan fingerprint density at radius 1 is 1.24 bits per heavy atom. The number of nitrogens with one attached hydrogen (secondary N) is 2. The number of nitrogens with zero attached hydrogens (tertiary/aromatic N) is 2. The number of carbonyl (C=O) groups is 2. The minimum Gasteiger partial charge on any atom is -0.496 e. The fourth-order valence-electron chi connectivity index (χ4n) is 2.95. The molecule has 2 aromatic heterocycles. The molecule has 0 saturated heterocycles. The second-order valence-electron chi connectivity index (χ2n) is 7.20. The van der Waals surface area contributed by atoms with Crippen LogP contribution in [-0.2, 0) is 24.1 Å². The van der Waals surface area contributed by atoms with Gasteiger partial charge in [0.1, 0.15) is 15.8 Å². The molecule has 0 saturated carbocycles. The molecule has 0 spiro atoms. The van der Waals surface area contributed by atoms with Gasteiger partial charge in [-0.2, -0.15) is 18.3 Å². The largest absolute Gasteiger partial charge is 0.496 e. The van der Waals surface area contributed by atoms with E-state index in [1.165, 1.54) is 20.1 Å². The molecule has 1 aromatic carbocycles. The van der Waals surface area contributed by atoms with Crippen molar-refractivity contribution >= 4 is 34.8 Å². The van der Waals surface area contributed by atoms with Crippen molar-refractivity contribution in [2.75, 3.05) is 7.11 Å². The van der Waals surface area contributed by atoms with Crippen molar-refractivity contribution in [1.82, 2.24) is 20.4 Å². The molecule has 0 aliphatic carbocycles. The molecule has 0 fully saturated rings. The zero-order chi connectivity index (χ0) is 25.0. The van der Waals surface area contributed by atoms with Gasteiger partial charge in [-0.05, 0) is 19.1 Å². The number of methoxy groups -OCH3 is 1. The number of para-hydroxylation sites is 1. The summed E-state index contributed by atoms with van der Waals surface area (Å²) in [6.07, 6.45) is -4.78. The normalized spacial score (nSPS) is 12.3. The SMILES string of the molecule is COc1ccccc1CNC(=O)c1cc(C(F)(F)F)nn1-c1cc(CNC(=O)C(C)N)sc1Cl. The summed E-state index contributed by atoms with van der Waals surface area (Å²) in [6, 6.07) is 8.30. The van der Waals surface area contributed by atoms with Crippen LogP contribution in [0.1, 0.15) is 33.5 Å². The van der Waals surface area contributed by atoms with Gasteiger partial charge in [0.25, 0.3) is 5.91 Å². The minimum absolute atomic E-state index is 0.0152. The first kappa shape index (κ1) is 25.5. The van der Waals surface area contributed by atoms with Crippen LogP contribution in [0, 0.1) is 0 Å². The maximum Gasteiger partial charge on any atom is 0.435 e. The molecule has 34 heavy (non-hydrogen) atoms. The van der Waals surface area contributed by atoms with Crippen molar-refractivity contribution in [3.63, 3.8) is 0 Å². The van der Waals surface area contributed by atoms with E-state index in [2.05, 4.69) is 15.7 Å². The van der Waals surface area contributed by atoms with Crippen LogP contribution in [0.3, 0.4) is 0 Å². The lowest BCUT2D eigenvalue weighted by atomic mass is 10.2. The number of carbonyl (C=O) groups excluding carboxylic acids is 2. The van der Waals surface area contributed by atoms with Gasteiger partial charge in [-0.1, -0.05) is 29.8 Å². The lowest BCUT2D eigenvalue weighted by Crippen LogP contribution is -2.37. The Kier molecular flexibility index (Phi) is 7.85. The van der Waals surface area contributed by atoms with Crippen LogP contribution in [0.5, 0.6) is 5.75 Å². The Morgan fingerprint density at radius 2 is 1.94 bits per heavy atom. The molecule has 0 bridgehead atoms. The first-order valence-electron chi connectivity index (χ1n) is 9.90. The van der Waals surface area contributed by atoms with Gasteiger partial charge < -0.3 is 21.1 Å². The topological polar surface area (TPSA) is 111 Å². The number of halogens is 4. The number of hydrogen-bond donors (Lipinski definition) is 3. The first-order chi connectivity index (χ1) is 16.0. The van der Waals surface area contributed by atoms with Crippen LogP contribution in [0.2, 0.25) is 4.34 Å². The number of nitrogens with two attached hydrogens (primary N) is 1. The standard InChI is InChI=1S/C21H21ClF3N5O3S/c1-11(26)19(31)28-10-13-7-14(18(22)34-13)30-15(8-17(29-30)21(23,24)25)20(32)27-9-12-5-3-4-6-16(12)33-2/h3-8,11H,9-10,26H2,1-2H3,(H,27,32)(H,28,31). The lowest BCUT2D eigenvalue weighted by molar-refractivity contribution is -0.141. The third kappa shape index (κ3) is 5.88. The van der Waals surface area contributed by atoms with Crippen LogP contribution >= 0.6 is 22.9 Å². The Labute approximate surface area is 201 Å². The quantitative estimate of drug-likeness (QED) is 0.425. The van der Waals surface area contributed by atoms with Gasteiger partial charge >= 0.3 is 6.18 Å². The number of hydrogen-bond acceptors (Lipinski definition) is 6. The average Bonchev–Trinajstić information content (AvgIpc) is 3.39. The van der Waals surface area contributed by atoms with Crippen molar-refractivity contribution in [3.05, 3.63) is 62.6 Å². The number of benzene rings is 1. The van der Waals surface area contributed by atoms with Crippen molar-refractivity contribution in [3.8, 4) is 11.4 Å². The Bertz CT molecular complexity index is 1190. The first-order valence-corrected chi connectivity index (χ1v) is 11.1. The monoisotopic (exact) mass is 515 g/mol. The number of alkyl halides is 3. The highest BCUT2D eigenvalue weighted by molar-refractivity contribution is 7.16. The second kappa shape index (κ2) is 10.5.